The van der Waals surface area contributed by atoms with Crippen molar-refractivity contribution in [1.29, 1.82) is 0 Å². The minimum absolute atomic E-state index is 0.0368. The van der Waals surface area contributed by atoms with Gasteiger partial charge in [-0.3, -0.25) is 9.69 Å². The summed E-state index contributed by atoms with van der Waals surface area (Å²) in [5, 5.41) is -0.0368. The Morgan fingerprint density at radius 1 is 1.24 bits per heavy atom. The van der Waals surface area contributed by atoms with Gasteiger partial charge in [-0.15, -0.1) is 11.8 Å². The number of rotatable bonds is 5. The molecule has 0 spiro atoms. The van der Waals surface area contributed by atoms with Gasteiger partial charge in [-0.1, -0.05) is 37.3 Å². The Morgan fingerprint density at radius 3 is 2.68 bits per heavy atom. The fourth-order valence-electron chi connectivity index (χ4n) is 2.88. The number of amides is 1. The molecule has 2 aromatic carbocycles. The van der Waals surface area contributed by atoms with E-state index >= 15 is 0 Å². The quantitative estimate of drug-likeness (QED) is 0.749. The van der Waals surface area contributed by atoms with E-state index < -0.39 is 0 Å². The summed E-state index contributed by atoms with van der Waals surface area (Å²) in [5.74, 6) is 0.223. The molecule has 0 bridgehead atoms. The number of ether oxygens (including phenoxy) is 1. The van der Waals surface area contributed by atoms with Gasteiger partial charge in [0.15, 0.2) is 0 Å². The van der Waals surface area contributed by atoms with Crippen LogP contribution >= 0.6 is 11.8 Å². The average Bonchev–Trinajstić information content (AvgIpc) is 3.01. The molecule has 1 aliphatic rings. The third-order valence-electron chi connectivity index (χ3n) is 4.08. The van der Waals surface area contributed by atoms with Crippen molar-refractivity contribution in [1.82, 2.24) is 0 Å². The first-order valence-electron chi connectivity index (χ1n) is 8.38. The minimum Gasteiger partial charge on any atom is -0.462 e. The largest absolute Gasteiger partial charge is 0.462 e. The molecule has 2 aromatic rings. The van der Waals surface area contributed by atoms with E-state index in [2.05, 4.69) is 0 Å². The molecule has 1 heterocycles. The predicted octanol–water partition coefficient (Wildman–Crippen LogP) is 4.34. The van der Waals surface area contributed by atoms with E-state index in [0.717, 1.165) is 23.2 Å². The number of anilines is 1. The lowest BCUT2D eigenvalue weighted by atomic mass is 10.1. The SMILES string of the molecule is CCCOC(=O)c1ccc(N2C(=O)CSC2c2ccccc2)c(C)c1. The molecular weight excluding hydrogens is 334 g/mol. The van der Waals surface area contributed by atoms with Crippen LogP contribution in [0.5, 0.6) is 0 Å². The van der Waals surface area contributed by atoms with Crippen LogP contribution in [0.15, 0.2) is 48.5 Å². The summed E-state index contributed by atoms with van der Waals surface area (Å²) in [5.41, 5.74) is 3.35. The summed E-state index contributed by atoms with van der Waals surface area (Å²) in [6.45, 7) is 4.29. The average molecular weight is 355 g/mol. The third kappa shape index (κ3) is 3.71. The van der Waals surface area contributed by atoms with Gasteiger partial charge < -0.3 is 4.74 Å². The summed E-state index contributed by atoms with van der Waals surface area (Å²) in [6, 6.07) is 15.4. The predicted molar refractivity (Wildman–Crippen MR) is 101 cm³/mol. The van der Waals surface area contributed by atoms with Crippen molar-refractivity contribution in [3.63, 3.8) is 0 Å². The maximum Gasteiger partial charge on any atom is 0.338 e. The van der Waals surface area contributed by atoms with Crippen LogP contribution in [0.4, 0.5) is 5.69 Å². The first kappa shape index (κ1) is 17.5. The molecular formula is C20H21NO3S. The molecule has 0 radical (unpaired) electrons. The summed E-state index contributed by atoms with van der Waals surface area (Å²) in [4.78, 5) is 26.3. The highest BCUT2D eigenvalue weighted by Crippen LogP contribution is 2.42. The fourth-order valence-corrected chi connectivity index (χ4v) is 4.05. The first-order valence-corrected chi connectivity index (χ1v) is 9.43. The molecule has 0 aliphatic carbocycles. The normalized spacial score (nSPS) is 17.0. The van der Waals surface area contributed by atoms with Crippen LogP contribution in [-0.2, 0) is 9.53 Å². The van der Waals surface area contributed by atoms with Crippen molar-refractivity contribution in [3.8, 4) is 0 Å². The molecule has 0 saturated carbocycles. The van der Waals surface area contributed by atoms with Gasteiger partial charge in [0.25, 0.3) is 0 Å². The van der Waals surface area contributed by atoms with Crippen LogP contribution in [0.25, 0.3) is 0 Å². The molecule has 1 amide bonds. The van der Waals surface area contributed by atoms with Crippen molar-refractivity contribution in [2.75, 3.05) is 17.3 Å². The molecule has 0 aromatic heterocycles. The van der Waals surface area contributed by atoms with Gasteiger partial charge >= 0.3 is 5.97 Å². The third-order valence-corrected chi connectivity index (χ3v) is 5.29. The van der Waals surface area contributed by atoms with Gasteiger partial charge in [-0.05, 0) is 42.7 Å². The lowest BCUT2D eigenvalue weighted by Crippen LogP contribution is -2.28. The molecule has 0 N–H and O–H groups in total. The molecule has 1 atom stereocenters. The topological polar surface area (TPSA) is 46.6 Å². The summed E-state index contributed by atoms with van der Waals surface area (Å²) in [7, 11) is 0. The smallest absolute Gasteiger partial charge is 0.338 e. The summed E-state index contributed by atoms with van der Waals surface area (Å²) in [6.07, 6.45) is 0.793. The van der Waals surface area contributed by atoms with Crippen molar-refractivity contribution in [3.05, 3.63) is 65.2 Å². The fraction of sp³-hybridized carbons (Fsp3) is 0.300. The second kappa shape index (κ2) is 7.74. The zero-order valence-electron chi connectivity index (χ0n) is 14.4. The van der Waals surface area contributed by atoms with Gasteiger partial charge in [-0.2, -0.15) is 0 Å². The van der Waals surface area contributed by atoms with Crippen molar-refractivity contribution >= 4 is 29.3 Å². The molecule has 4 nitrogen and oxygen atoms in total. The Labute approximate surface area is 152 Å². The van der Waals surface area contributed by atoms with Crippen LogP contribution in [0.1, 0.15) is 40.2 Å². The van der Waals surface area contributed by atoms with Crippen LogP contribution in [-0.4, -0.2) is 24.2 Å². The number of hydrogen-bond donors (Lipinski definition) is 0. The highest BCUT2D eigenvalue weighted by molar-refractivity contribution is 8.00. The van der Waals surface area contributed by atoms with E-state index in [1.165, 1.54) is 0 Å². The maximum absolute atomic E-state index is 12.5. The number of aryl methyl sites for hydroxylation is 1. The van der Waals surface area contributed by atoms with Gasteiger partial charge in [0, 0.05) is 5.69 Å². The number of carbonyl (C=O) groups is 2. The Kier molecular flexibility index (Phi) is 5.43. The zero-order chi connectivity index (χ0) is 17.8. The van der Waals surface area contributed by atoms with Gasteiger partial charge in [0.1, 0.15) is 5.37 Å². The van der Waals surface area contributed by atoms with E-state index in [9.17, 15) is 9.59 Å². The van der Waals surface area contributed by atoms with Crippen LogP contribution in [0, 0.1) is 6.92 Å². The molecule has 1 unspecified atom stereocenters. The van der Waals surface area contributed by atoms with E-state index in [0.29, 0.717) is 17.9 Å². The lowest BCUT2D eigenvalue weighted by molar-refractivity contribution is -0.115. The Morgan fingerprint density at radius 2 is 2.00 bits per heavy atom. The number of esters is 1. The van der Waals surface area contributed by atoms with Crippen molar-refractivity contribution in [2.45, 2.75) is 25.6 Å². The summed E-state index contributed by atoms with van der Waals surface area (Å²) >= 11 is 1.62. The lowest BCUT2D eigenvalue weighted by Gasteiger charge is -2.26. The highest BCUT2D eigenvalue weighted by Gasteiger charge is 2.34. The number of thioether (sulfide) groups is 1. The molecule has 25 heavy (non-hydrogen) atoms. The molecule has 1 fully saturated rings. The molecule has 3 rings (SSSR count). The zero-order valence-corrected chi connectivity index (χ0v) is 15.2. The highest BCUT2D eigenvalue weighted by atomic mass is 32.2. The number of nitrogens with zero attached hydrogens (tertiary/aromatic N) is 1. The van der Waals surface area contributed by atoms with Crippen LogP contribution < -0.4 is 4.90 Å². The Bertz CT molecular complexity index is 776. The van der Waals surface area contributed by atoms with Crippen LogP contribution in [0.3, 0.4) is 0 Å². The van der Waals surface area contributed by atoms with Crippen LogP contribution in [0.2, 0.25) is 0 Å². The summed E-state index contributed by atoms with van der Waals surface area (Å²) < 4.78 is 5.19. The van der Waals surface area contributed by atoms with Crippen molar-refractivity contribution < 1.29 is 14.3 Å². The van der Waals surface area contributed by atoms with Gasteiger partial charge in [0.2, 0.25) is 5.91 Å². The van der Waals surface area contributed by atoms with Gasteiger partial charge in [-0.25, -0.2) is 4.79 Å². The first-order chi connectivity index (χ1) is 12.1. The number of benzene rings is 2. The molecule has 1 aliphatic heterocycles. The second-order valence-electron chi connectivity index (χ2n) is 5.97. The minimum atomic E-state index is -0.321. The monoisotopic (exact) mass is 355 g/mol. The molecule has 130 valence electrons. The van der Waals surface area contributed by atoms with E-state index in [-0.39, 0.29) is 17.3 Å². The standard InChI is InChI=1S/C20H21NO3S/c1-3-11-24-20(23)16-9-10-17(14(2)12-16)21-18(22)13-25-19(21)15-7-5-4-6-8-15/h4-10,12,19H,3,11,13H2,1-2H3. The second-order valence-corrected chi connectivity index (χ2v) is 7.04. The molecule has 5 heteroatoms. The van der Waals surface area contributed by atoms with E-state index in [4.69, 9.17) is 4.74 Å². The Hall–Kier alpha value is -2.27. The van der Waals surface area contributed by atoms with E-state index in [1.54, 1.807) is 23.9 Å². The maximum atomic E-state index is 12.5. The Balaban J connectivity index is 1.89. The number of carbonyl (C=O) groups excluding carboxylic acids is 2. The number of hydrogen-bond acceptors (Lipinski definition) is 4. The van der Waals surface area contributed by atoms with E-state index in [1.807, 2.05) is 55.1 Å². The molecule has 1 saturated heterocycles. The van der Waals surface area contributed by atoms with Gasteiger partial charge in [0.05, 0.1) is 17.9 Å². The van der Waals surface area contributed by atoms with Crippen molar-refractivity contribution in [2.24, 2.45) is 0 Å².